The molecule has 166 valence electrons. The number of ether oxygens (including phenoxy) is 1. The Morgan fingerprint density at radius 1 is 1.12 bits per heavy atom. The van der Waals surface area contributed by atoms with E-state index >= 15 is 0 Å². The van der Waals surface area contributed by atoms with Gasteiger partial charge in [-0.25, -0.2) is 14.4 Å². The number of para-hydroxylation sites is 2. The minimum Gasteiger partial charge on any atom is -0.497 e. The highest BCUT2D eigenvalue weighted by Crippen LogP contribution is 2.34. The van der Waals surface area contributed by atoms with Crippen LogP contribution >= 0.6 is 11.8 Å². The molecule has 1 amide bonds. The Balaban J connectivity index is 1.38. The number of nitrogens with zero attached hydrogens (tertiary/aromatic N) is 3. The number of methoxy groups -OCH3 is 1. The molecular formula is C25H21FN4O2S. The van der Waals surface area contributed by atoms with Gasteiger partial charge in [-0.15, -0.1) is 0 Å². The van der Waals surface area contributed by atoms with Crippen molar-refractivity contribution in [1.82, 2.24) is 15.0 Å². The van der Waals surface area contributed by atoms with Crippen LogP contribution in [0.4, 0.5) is 4.39 Å². The summed E-state index contributed by atoms with van der Waals surface area (Å²) in [5, 5.41) is 6.87. The van der Waals surface area contributed by atoms with Crippen LogP contribution in [0, 0.1) is 5.82 Å². The third-order valence-corrected chi connectivity index (χ3v) is 6.40. The van der Waals surface area contributed by atoms with E-state index in [0.717, 1.165) is 33.6 Å². The first kappa shape index (κ1) is 21.2. The van der Waals surface area contributed by atoms with Gasteiger partial charge in [-0.2, -0.15) is 5.10 Å². The summed E-state index contributed by atoms with van der Waals surface area (Å²) in [6, 6.07) is 21.3. The van der Waals surface area contributed by atoms with Gasteiger partial charge in [0.15, 0.2) is 5.16 Å². The van der Waals surface area contributed by atoms with Gasteiger partial charge in [0.1, 0.15) is 11.6 Å². The van der Waals surface area contributed by atoms with E-state index in [1.165, 1.54) is 28.9 Å². The van der Waals surface area contributed by atoms with Gasteiger partial charge in [0.05, 0.1) is 35.6 Å². The summed E-state index contributed by atoms with van der Waals surface area (Å²) < 4.78 is 18.7. The van der Waals surface area contributed by atoms with Crippen LogP contribution in [0.1, 0.15) is 23.6 Å². The van der Waals surface area contributed by atoms with Crippen molar-refractivity contribution in [3.05, 3.63) is 89.7 Å². The number of thioether (sulfide) groups is 1. The molecule has 8 heteroatoms. The van der Waals surface area contributed by atoms with Crippen LogP contribution in [0.2, 0.25) is 0 Å². The third kappa shape index (κ3) is 4.47. The second kappa shape index (κ2) is 9.07. The van der Waals surface area contributed by atoms with Gasteiger partial charge in [-0.3, -0.25) is 4.79 Å². The first-order valence-electron chi connectivity index (χ1n) is 10.5. The predicted octanol–water partition coefficient (Wildman–Crippen LogP) is 5.18. The number of aromatic amines is 1. The van der Waals surface area contributed by atoms with Gasteiger partial charge in [-0.05, 0) is 59.7 Å². The van der Waals surface area contributed by atoms with Crippen LogP contribution in [-0.2, 0) is 4.79 Å². The fourth-order valence-corrected chi connectivity index (χ4v) is 4.57. The second-order valence-electron chi connectivity index (χ2n) is 7.63. The molecule has 0 fully saturated rings. The molecule has 1 N–H and O–H groups in total. The minimum atomic E-state index is -0.314. The summed E-state index contributed by atoms with van der Waals surface area (Å²) in [6.45, 7) is 0. The van der Waals surface area contributed by atoms with Crippen molar-refractivity contribution < 1.29 is 13.9 Å². The van der Waals surface area contributed by atoms with E-state index in [9.17, 15) is 9.18 Å². The summed E-state index contributed by atoms with van der Waals surface area (Å²) in [6.07, 6.45) is 0.541. The van der Waals surface area contributed by atoms with Gasteiger partial charge >= 0.3 is 0 Å². The first-order chi connectivity index (χ1) is 16.1. The van der Waals surface area contributed by atoms with E-state index in [-0.39, 0.29) is 23.5 Å². The molecule has 1 atom stereocenters. The Kier molecular flexibility index (Phi) is 5.83. The summed E-state index contributed by atoms with van der Waals surface area (Å²) in [5.74, 6) is 0.476. The van der Waals surface area contributed by atoms with Crippen LogP contribution in [-0.4, -0.2) is 39.5 Å². The molecule has 0 aliphatic carbocycles. The lowest BCUT2D eigenvalue weighted by molar-refractivity contribution is -0.130. The lowest BCUT2D eigenvalue weighted by atomic mass is 9.98. The number of aromatic nitrogens is 2. The molecule has 4 aromatic rings. The smallest absolute Gasteiger partial charge is 0.253 e. The number of hydrogen-bond donors (Lipinski definition) is 1. The molecule has 1 aromatic heterocycles. The molecule has 5 rings (SSSR count). The molecule has 0 spiro atoms. The van der Waals surface area contributed by atoms with Crippen LogP contribution < -0.4 is 4.74 Å². The lowest BCUT2D eigenvalue weighted by Gasteiger charge is -2.21. The molecule has 2 heterocycles. The molecule has 1 aliphatic rings. The number of imidazole rings is 1. The van der Waals surface area contributed by atoms with Gasteiger partial charge < -0.3 is 9.72 Å². The summed E-state index contributed by atoms with van der Waals surface area (Å²) in [5.41, 5.74) is 4.35. The van der Waals surface area contributed by atoms with E-state index in [4.69, 9.17) is 4.74 Å². The minimum absolute atomic E-state index is 0.140. The topological polar surface area (TPSA) is 70.6 Å². The highest BCUT2D eigenvalue weighted by Gasteiger charge is 2.33. The quantitative estimate of drug-likeness (QED) is 0.403. The monoisotopic (exact) mass is 460 g/mol. The number of fused-ring (bicyclic) bond motifs is 1. The Hall–Kier alpha value is -3.65. The average Bonchev–Trinajstić information content (AvgIpc) is 3.48. The van der Waals surface area contributed by atoms with Crippen LogP contribution in [0.5, 0.6) is 5.75 Å². The van der Waals surface area contributed by atoms with E-state index in [1.807, 2.05) is 48.5 Å². The molecule has 0 radical (unpaired) electrons. The number of H-pyrrole nitrogens is 1. The fourth-order valence-electron chi connectivity index (χ4n) is 3.84. The summed E-state index contributed by atoms with van der Waals surface area (Å²) >= 11 is 1.34. The van der Waals surface area contributed by atoms with Gasteiger partial charge in [0, 0.05) is 6.42 Å². The van der Waals surface area contributed by atoms with Crippen molar-refractivity contribution in [3.8, 4) is 5.75 Å². The van der Waals surface area contributed by atoms with E-state index < -0.39 is 0 Å². The maximum atomic E-state index is 13.5. The Labute approximate surface area is 194 Å². The maximum absolute atomic E-state index is 13.5. The van der Waals surface area contributed by atoms with E-state index in [1.54, 1.807) is 19.2 Å². The number of nitrogens with one attached hydrogen (secondary N) is 1. The SMILES string of the molecule is COc1ccc(C2=NN(C(=O)CSc3nc4ccccc4[nH]3)C(c3ccc(F)cc3)C2)cc1. The largest absolute Gasteiger partial charge is 0.497 e. The van der Waals surface area contributed by atoms with Crippen molar-refractivity contribution >= 4 is 34.4 Å². The van der Waals surface area contributed by atoms with Crippen molar-refractivity contribution in [2.45, 2.75) is 17.6 Å². The van der Waals surface area contributed by atoms with Crippen molar-refractivity contribution in [2.24, 2.45) is 5.10 Å². The Morgan fingerprint density at radius 2 is 1.88 bits per heavy atom. The van der Waals surface area contributed by atoms with Crippen molar-refractivity contribution in [2.75, 3.05) is 12.9 Å². The highest BCUT2D eigenvalue weighted by molar-refractivity contribution is 7.99. The third-order valence-electron chi connectivity index (χ3n) is 5.54. The molecule has 6 nitrogen and oxygen atoms in total. The summed E-state index contributed by atoms with van der Waals surface area (Å²) in [7, 11) is 1.62. The zero-order valence-electron chi connectivity index (χ0n) is 17.9. The standard InChI is InChI=1S/C25H21FN4O2S/c1-32-19-12-8-16(9-13-19)22-14-23(17-6-10-18(26)11-7-17)30(29-22)24(31)15-33-25-27-20-4-2-3-5-21(20)28-25/h2-13,23H,14-15H2,1H3,(H,27,28). The maximum Gasteiger partial charge on any atom is 0.253 e. The second-order valence-corrected chi connectivity index (χ2v) is 8.60. The average molecular weight is 461 g/mol. The molecule has 0 saturated carbocycles. The zero-order valence-corrected chi connectivity index (χ0v) is 18.7. The fraction of sp³-hybridized carbons (Fsp3) is 0.160. The zero-order chi connectivity index (χ0) is 22.8. The number of hydrazone groups is 1. The van der Waals surface area contributed by atoms with Crippen LogP contribution in [0.25, 0.3) is 11.0 Å². The molecular weight excluding hydrogens is 439 g/mol. The summed E-state index contributed by atoms with van der Waals surface area (Å²) in [4.78, 5) is 21.0. The highest BCUT2D eigenvalue weighted by atomic mass is 32.2. The number of hydrogen-bond acceptors (Lipinski definition) is 5. The van der Waals surface area contributed by atoms with Gasteiger partial charge in [-0.1, -0.05) is 36.0 Å². The molecule has 1 aliphatic heterocycles. The number of amides is 1. The Morgan fingerprint density at radius 3 is 2.61 bits per heavy atom. The predicted molar refractivity (Wildman–Crippen MR) is 127 cm³/mol. The first-order valence-corrected chi connectivity index (χ1v) is 11.5. The van der Waals surface area contributed by atoms with Gasteiger partial charge in [0.2, 0.25) is 0 Å². The van der Waals surface area contributed by atoms with E-state index in [0.29, 0.717) is 11.6 Å². The van der Waals surface area contributed by atoms with Crippen LogP contribution in [0.15, 0.2) is 83.1 Å². The molecule has 1 unspecified atom stereocenters. The van der Waals surface area contributed by atoms with Crippen molar-refractivity contribution in [1.29, 1.82) is 0 Å². The number of carbonyl (C=O) groups excluding carboxylic acids is 1. The van der Waals surface area contributed by atoms with Crippen molar-refractivity contribution in [3.63, 3.8) is 0 Å². The number of carbonyl (C=O) groups is 1. The number of benzene rings is 3. The number of rotatable bonds is 6. The molecule has 3 aromatic carbocycles. The Bertz CT molecular complexity index is 1290. The van der Waals surface area contributed by atoms with E-state index in [2.05, 4.69) is 15.1 Å². The molecule has 0 saturated heterocycles. The van der Waals surface area contributed by atoms with Crippen LogP contribution in [0.3, 0.4) is 0 Å². The normalized spacial score (nSPS) is 15.6. The number of halogens is 1. The molecule has 0 bridgehead atoms. The van der Waals surface area contributed by atoms with Gasteiger partial charge in [0.25, 0.3) is 5.91 Å². The lowest BCUT2D eigenvalue weighted by Crippen LogP contribution is -2.28. The molecule has 33 heavy (non-hydrogen) atoms.